The van der Waals surface area contributed by atoms with E-state index in [4.69, 9.17) is 21.7 Å². The van der Waals surface area contributed by atoms with Crippen LogP contribution in [0.4, 0.5) is 0 Å². The molecule has 0 unspecified atom stereocenters. The summed E-state index contributed by atoms with van der Waals surface area (Å²) in [6, 6.07) is 0.535. The first kappa shape index (κ1) is 15.9. The molecule has 4 atom stereocenters. The molecular formula is C14H30N2O2. The zero-order chi connectivity index (χ0) is 13.4. The number of aliphatic hydroxyl groups is 2. The highest BCUT2D eigenvalue weighted by atomic mass is 16.3. The summed E-state index contributed by atoms with van der Waals surface area (Å²) in [6.07, 6.45) is 9.44. The minimum Gasteiger partial charge on any atom is -0.396 e. The summed E-state index contributed by atoms with van der Waals surface area (Å²) in [5, 5.41) is 17.6. The Hall–Kier alpha value is -0.160. The van der Waals surface area contributed by atoms with E-state index in [0.717, 1.165) is 25.7 Å². The van der Waals surface area contributed by atoms with Gasteiger partial charge in [0.25, 0.3) is 0 Å². The average molecular weight is 258 g/mol. The van der Waals surface area contributed by atoms with Crippen LogP contribution in [0.5, 0.6) is 0 Å². The van der Waals surface area contributed by atoms with Gasteiger partial charge < -0.3 is 21.7 Å². The molecule has 2 aliphatic carbocycles. The van der Waals surface area contributed by atoms with Gasteiger partial charge in [0.15, 0.2) is 0 Å². The lowest BCUT2D eigenvalue weighted by Crippen LogP contribution is -2.34. The van der Waals surface area contributed by atoms with Crippen LogP contribution in [0, 0.1) is 11.8 Å². The van der Waals surface area contributed by atoms with Gasteiger partial charge in [-0.1, -0.05) is 25.7 Å². The van der Waals surface area contributed by atoms with E-state index in [9.17, 15) is 0 Å². The van der Waals surface area contributed by atoms with Crippen LogP contribution in [-0.4, -0.2) is 35.5 Å². The predicted octanol–water partition coefficient (Wildman–Crippen LogP) is 0.992. The molecular weight excluding hydrogens is 228 g/mol. The van der Waals surface area contributed by atoms with Gasteiger partial charge >= 0.3 is 0 Å². The highest BCUT2D eigenvalue weighted by Crippen LogP contribution is 2.22. The van der Waals surface area contributed by atoms with E-state index in [1.807, 2.05) is 0 Å². The Morgan fingerprint density at radius 3 is 1.22 bits per heavy atom. The highest BCUT2D eigenvalue weighted by molar-refractivity contribution is 4.77. The van der Waals surface area contributed by atoms with Crippen molar-refractivity contribution in [2.24, 2.45) is 23.3 Å². The van der Waals surface area contributed by atoms with Gasteiger partial charge in [0.2, 0.25) is 0 Å². The minimum absolute atomic E-state index is 0.267. The summed E-state index contributed by atoms with van der Waals surface area (Å²) in [5.74, 6) is 0.775. The largest absolute Gasteiger partial charge is 0.396 e. The topological polar surface area (TPSA) is 92.5 Å². The molecule has 2 fully saturated rings. The van der Waals surface area contributed by atoms with E-state index in [2.05, 4.69) is 0 Å². The molecule has 6 N–H and O–H groups in total. The fourth-order valence-corrected chi connectivity index (χ4v) is 2.93. The van der Waals surface area contributed by atoms with Crippen molar-refractivity contribution in [3.8, 4) is 0 Å². The van der Waals surface area contributed by atoms with Crippen molar-refractivity contribution in [1.82, 2.24) is 0 Å². The first-order valence-electron chi connectivity index (χ1n) is 7.42. The van der Waals surface area contributed by atoms with Crippen molar-refractivity contribution in [3.05, 3.63) is 0 Å². The smallest absolute Gasteiger partial charge is 0.0474 e. The van der Waals surface area contributed by atoms with Crippen molar-refractivity contribution in [2.75, 3.05) is 13.2 Å². The maximum atomic E-state index is 8.78. The summed E-state index contributed by atoms with van der Waals surface area (Å²) in [6.45, 7) is 0.558. The Balaban J connectivity index is 0.000000180. The van der Waals surface area contributed by atoms with Gasteiger partial charge in [-0.15, -0.1) is 0 Å². The molecule has 0 radical (unpaired) electrons. The second-order valence-corrected chi connectivity index (χ2v) is 5.78. The fraction of sp³-hybridized carbons (Fsp3) is 1.00. The van der Waals surface area contributed by atoms with Crippen molar-refractivity contribution < 1.29 is 10.2 Å². The summed E-state index contributed by atoms with van der Waals surface area (Å²) in [7, 11) is 0. The molecule has 0 bridgehead atoms. The molecule has 2 aliphatic rings. The lowest BCUT2D eigenvalue weighted by molar-refractivity contribution is 0.171. The molecule has 0 aromatic heterocycles. The zero-order valence-corrected chi connectivity index (χ0v) is 11.4. The predicted molar refractivity (Wildman–Crippen MR) is 74.0 cm³/mol. The van der Waals surface area contributed by atoms with E-state index in [-0.39, 0.29) is 25.3 Å². The van der Waals surface area contributed by atoms with Gasteiger partial charge in [-0.3, -0.25) is 0 Å². The first-order chi connectivity index (χ1) is 8.69. The maximum absolute atomic E-state index is 8.78. The standard InChI is InChI=1S/2C7H15NO/c2*8-7-4-2-1-3-6(7)5-9/h2*6-7,9H,1-5,8H2/t2*6-,7+/m10/s1. The Morgan fingerprint density at radius 1 is 0.667 bits per heavy atom. The second kappa shape index (κ2) is 8.86. The third-order valence-corrected chi connectivity index (χ3v) is 4.40. The van der Waals surface area contributed by atoms with Crippen LogP contribution in [0.3, 0.4) is 0 Å². The molecule has 18 heavy (non-hydrogen) atoms. The summed E-state index contributed by atoms with van der Waals surface area (Å²) in [4.78, 5) is 0. The molecule has 0 aliphatic heterocycles. The normalized spacial score (nSPS) is 36.7. The van der Waals surface area contributed by atoms with Gasteiger partial charge in [0.1, 0.15) is 0 Å². The molecule has 108 valence electrons. The third-order valence-electron chi connectivity index (χ3n) is 4.40. The number of hydrogen-bond acceptors (Lipinski definition) is 4. The molecule has 0 spiro atoms. The monoisotopic (exact) mass is 258 g/mol. The molecule has 0 heterocycles. The van der Waals surface area contributed by atoms with E-state index in [0.29, 0.717) is 11.8 Å². The number of aliphatic hydroxyl groups excluding tert-OH is 2. The summed E-state index contributed by atoms with van der Waals surface area (Å²) < 4.78 is 0. The number of nitrogens with two attached hydrogens (primary N) is 2. The van der Waals surface area contributed by atoms with Crippen molar-refractivity contribution >= 4 is 0 Å². The maximum Gasteiger partial charge on any atom is 0.0474 e. The average Bonchev–Trinajstić information content (AvgIpc) is 2.41. The Morgan fingerprint density at radius 2 is 1.00 bits per heavy atom. The van der Waals surface area contributed by atoms with Gasteiger partial charge in [0, 0.05) is 25.3 Å². The van der Waals surface area contributed by atoms with Crippen LogP contribution in [-0.2, 0) is 0 Å². The molecule has 2 rings (SSSR count). The SMILES string of the molecule is N[C@@H]1CCCC[C@H]1CO.N[C@H]1CCCC[C@@H]1CO. The lowest BCUT2D eigenvalue weighted by atomic mass is 9.86. The Bertz CT molecular complexity index is 192. The minimum atomic E-state index is 0.267. The summed E-state index contributed by atoms with van der Waals surface area (Å²) >= 11 is 0. The fourth-order valence-electron chi connectivity index (χ4n) is 2.93. The molecule has 4 nitrogen and oxygen atoms in total. The van der Waals surface area contributed by atoms with Gasteiger partial charge in [-0.2, -0.15) is 0 Å². The van der Waals surface area contributed by atoms with E-state index < -0.39 is 0 Å². The van der Waals surface area contributed by atoms with Crippen molar-refractivity contribution in [2.45, 2.75) is 63.5 Å². The van der Waals surface area contributed by atoms with Crippen LogP contribution in [0.25, 0.3) is 0 Å². The van der Waals surface area contributed by atoms with Crippen molar-refractivity contribution in [1.29, 1.82) is 0 Å². The van der Waals surface area contributed by atoms with Crippen LogP contribution < -0.4 is 11.5 Å². The number of hydrogen-bond donors (Lipinski definition) is 4. The molecule has 4 heteroatoms. The van der Waals surface area contributed by atoms with E-state index >= 15 is 0 Å². The van der Waals surface area contributed by atoms with Crippen LogP contribution in [0.1, 0.15) is 51.4 Å². The lowest BCUT2D eigenvalue weighted by Gasteiger charge is -2.26. The van der Waals surface area contributed by atoms with Gasteiger partial charge in [-0.05, 0) is 37.5 Å². The zero-order valence-electron chi connectivity index (χ0n) is 11.4. The molecule has 2 saturated carbocycles. The quantitative estimate of drug-likeness (QED) is 0.594. The van der Waals surface area contributed by atoms with Crippen molar-refractivity contribution in [3.63, 3.8) is 0 Å². The Kier molecular flexibility index (Phi) is 7.82. The summed E-state index contributed by atoms with van der Waals surface area (Å²) in [5.41, 5.74) is 11.5. The molecule has 0 saturated heterocycles. The van der Waals surface area contributed by atoms with Crippen LogP contribution >= 0.6 is 0 Å². The number of rotatable bonds is 2. The third kappa shape index (κ3) is 5.22. The molecule has 0 amide bonds. The van der Waals surface area contributed by atoms with E-state index in [1.54, 1.807) is 0 Å². The van der Waals surface area contributed by atoms with Crippen LogP contribution in [0.2, 0.25) is 0 Å². The Labute approximate surface area is 111 Å². The highest BCUT2D eigenvalue weighted by Gasteiger charge is 2.20. The second-order valence-electron chi connectivity index (χ2n) is 5.78. The van der Waals surface area contributed by atoms with Gasteiger partial charge in [-0.25, -0.2) is 0 Å². The molecule has 0 aromatic rings. The van der Waals surface area contributed by atoms with Gasteiger partial charge in [0.05, 0.1) is 0 Å². The first-order valence-corrected chi connectivity index (χ1v) is 7.42. The van der Waals surface area contributed by atoms with E-state index in [1.165, 1.54) is 25.7 Å². The molecule has 0 aromatic carbocycles. The van der Waals surface area contributed by atoms with Crippen LogP contribution in [0.15, 0.2) is 0 Å².